The van der Waals surface area contributed by atoms with Gasteiger partial charge in [-0.2, -0.15) is 0 Å². The minimum Gasteiger partial charge on any atom is -0.465 e. The van der Waals surface area contributed by atoms with Gasteiger partial charge >= 0.3 is 5.97 Å². The van der Waals surface area contributed by atoms with E-state index in [2.05, 4.69) is 15.0 Å². The Balaban J connectivity index is 2.40. The number of anilines is 2. The summed E-state index contributed by atoms with van der Waals surface area (Å²) in [6.45, 7) is 1.84. The molecule has 0 spiro atoms. The highest BCUT2D eigenvalue weighted by Gasteiger charge is 2.17. The van der Waals surface area contributed by atoms with Crippen molar-refractivity contribution in [3.05, 3.63) is 57.9 Å². The Bertz CT molecular complexity index is 683. The second-order valence-corrected chi connectivity index (χ2v) is 4.29. The highest BCUT2D eigenvalue weighted by Crippen LogP contribution is 2.28. The lowest BCUT2D eigenvalue weighted by molar-refractivity contribution is -0.383. The number of rotatable bonds is 4. The van der Waals surface area contributed by atoms with Crippen molar-refractivity contribution in [1.82, 2.24) is 4.98 Å². The Labute approximate surface area is 120 Å². The molecule has 21 heavy (non-hydrogen) atoms. The summed E-state index contributed by atoms with van der Waals surface area (Å²) in [7, 11) is 1.25. The number of ether oxygens (including phenoxy) is 1. The Kier molecular flexibility index (Phi) is 4.13. The molecular formula is C14H13N3O4. The molecule has 0 bridgehead atoms. The number of nitro groups is 1. The van der Waals surface area contributed by atoms with Crippen molar-refractivity contribution in [3.8, 4) is 0 Å². The summed E-state index contributed by atoms with van der Waals surface area (Å²) in [5.41, 5.74) is 1.71. The van der Waals surface area contributed by atoms with Crippen molar-refractivity contribution in [1.29, 1.82) is 0 Å². The number of nitrogens with one attached hydrogen (secondary N) is 1. The van der Waals surface area contributed by atoms with Gasteiger partial charge in [-0.3, -0.25) is 15.1 Å². The quantitative estimate of drug-likeness (QED) is 0.528. The molecule has 0 saturated heterocycles. The van der Waals surface area contributed by atoms with E-state index in [1.165, 1.54) is 25.3 Å². The standard InChI is InChI=1S/C14H13N3O4/c1-9-3-5-11(8-15-9)16-12-7-10(14(18)21-2)4-6-13(12)17(19)20/h3-8,16H,1-2H3. The van der Waals surface area contributed by atoms with Crippen molar-refractivity contribution in [3.63, 3.8) is 0 Å². The summed E-state index contributed by atoms with van der Waals surface area (Å²) < 4.78 is 4.61. The zero-order valence-corrected chi connectivity index (χ0v) is 11.5. The first-order valence-corrected chi connectivity index (χ1v) is 6.07. The van der Waals surface area contributed by atoms with Gasteiger partial charge in [0.15, 0.2) is 0 Å². The van der Waals surface area contributed by atoms with Crippen molar-refractivity contribution in [2.24, 2.45) is 0 Å². The summed E-state index contributed by atoms with van der Waals surface area (Å²) in [4.78, 5) is 26.1. The minimum absolute atomic E-state index is 0.136. The second-order valence-electron chi connectivity index (χ2n) is 4.29. The molecule has 7 nitrogen and oxygen atoms in total. The average Bonchev–Trinajstić information content (AvgIpc) is 2.48. The van der Waals surface area contributed by atoms with Gasteiger partial charge in [-0.15, -0.1) is 0 Å². The number of benzene rings is 1. The van der Waals surface area contributed by atoms with Crippen molar-refractivity contribution < 1.29 is 14.5 Å². The van der Waals surface area contributed by atoms with Crippen LogP contribution < -0.4 is 5.32 Å². The number of hydrogen-bond acceptors (Lipinski definition) is 6. The van der Waals surface area contributed by atoms with Crippen LogP contribution in [0.2, 0.25) is 0 Å². The Morgan fingerprint density at radius 1 is 1.33 bits per heavy atom. The van der Waals surface area contributed by atoms with Gasteiger partial charge in [0.1, 0.15) is 5.69 Å². The number of aromatic nitrogens is 1. The van der Waals surface area contributed by atoms with E-state index < -0.39 is 10.9 Å². The van der Waals surface area contributed by atoms with Crippen LogP contribution in [-0.4, -0.2) is 23.0 Å². The molecule has 2 aromatic rings. The molecule has 0 aliphatic rings. The van der Waals surface area contributed by atoms with Crippen LogP contribution in [0.3, 0.4) is 0 Å². The van der Waals surface area contributed by atoms with Crippen LogP contribution in [0.1, 0.15) is 16.1 Å². The SMILES string of the molecule is COC(=O)c1ccc([N+](=O)[O-])c(Nc2ccc(C)nc2)c1. The highest BCUT2D eigenvalue weighted by molar-refractivity contribution is 5.92. The molecule has 2 rings (SSSR count). The summed E-state index contributed by atoms with van der Waals surface area (Å²) in [5.74, 6) is -0.560. The summed E-state index contributed by atoms with van der Waals surface area (Å²) in [5, 5.41) is 13.9. The lowest BCUT2D eigenvalue weighted by Crippen LogP contribution is -2.04. The molecule has 0 fully saturated rings. The number of carbonyl (C=O) groups is 1. The topological polar surface area (TPSA) is 94.4 Å². The largest absolute Gasteiger partial charge is 0.465 e. The van der Waals surface area contributed by atoms with Crippen LogP contribution in [-0.2, 0) is 4.74 Å². The fraction of sp³-hybridized carbons (Fsp3) is 0.143. The first-order chi connectivity index (χ1) is 10.0. The summed E-state index contributed by atoms with van der Waals surface area (Å²) in [6, 6.07) is 7.51. The summed E-state index contributed by atoms with van der Waals surface area (Å²) in [6.07, 6.45) is 1.56. The molecule has 0 aliphatic heterocycles. The lowest BCUT2D eigenvalue weighted by atomic mass is 10.1. The van der Waals surface area contributed by atoms with Crippen molar-refractivity contribution >= 4 is 23.0 Å². The number of hydrogen-bond donors (Lipinski definition) is 1. The molecule has 0 unspecified atom stereocenters. The van der Waals surface area contributed by atoms with E-state index in [9.17, 15) is 14.9 Å². The predicted molar refractivity (Wildman–Crippen MR) is 76.7 cm³/mol. The van der Waals surface area contributed by atoms with Gasteiger partial charge in [0.05, 0.1) is 29.5 Å². The molecule has 1 aromatic heterocycles. The zero-order valence-electron chi connectivity index (χ0n) is 11.5. The lowest BCUT2D eigenvalue weighted by Gasteiger charge is -2.08. The third-order valence-corrected chi connectivity index (χ3v) is 2.80. The molecule has 1 aromatic carbocycles. The van der Waals surface area contributed by atoms with Gasteiger partial charge in [-0.25, -0.2) is 4.79 Å². The maximum atomic E-state index is 11.5. The van der Waals surface area contributed by atoms with E-state index >= 15 is 0 Å². The predicted octanol–water partition coefficient (Wildman–Crippen LogP) is 2.83. The molecule has 108 valence electrons. The molecule has 0 radical (unpaired) electrons. The minimum atomic E-state index is -0.560. The first kappa shape index (κ1) is 14.4. The zero-order chi connectivity index (χ0) is 15.4. The van der Waals surface area contributed by atoms with Gasteiger partial charge < -0.3 is 10.1 Å². The van der Waals surface area contributed by atoms with Crippen molar-refractivity contribution in [2.45, 2.75) is 6.92 Å². The Morgan fingerprint density at radius 2 is 2.10 bits per heavy atom. The number of nitro benzene ring substituents is 1. The van der Waals surface area contributed by atoms with Gasteiger partial charge in [-0.05, 0) is 31.2 Å². The maximum Gasteiger partial charge on any atom is 0.337 e. The van der Waals surface area contributed by atoms with Gasteiger partial charge in [0.2, 0.25) is 0 Å². The number of methoxy groups -OCH3 is 1. The molecule has 7 heteroatoms. The Morgan fingerprint density at radius 3 is 2.67 bits per heavy atom. The third-order valence-electron chi connectivity index (χ3n) is 2.80. The van der Waals surface area contributed by atoms with Gasteiger partial charge in [0.25, 0.3) is 5.69 Å². The second kappa shape index (κ2) is 6.00. The van der Waals surface area contributed by atoms with Gasteiger partial charge in [-0.1, -0.05) is 0 Å². The number of pyridine rings is 1. The van der Waals surface area contributed by atoms with E-state index in [1.807, 2.05) is 6.92 Å². The van der Waals surface area contributed by atoms with Crippen LogP contribution in [0.25, 0.3) is 0 Å². The normalized spacial score (nSPS) is 10.0. The number of nitrogens with zero attached hydrogens (tertiary/aromatic N) is 2. The molecular weight excluding hydrogens is 274 g/mol. The third kappa shape index (κ3) is 3.33. The molecule has 1 heterocycles. The molecule has 0 saturated carbocycles. The van der Waals surface area contributed by atoms with E-state index in [4.69, 9.17) is 0 Å². The van der Waals surface area contributed by atoms with Crippen molar-refractivity contribution in [2.75, 3.05) is 12.4 Å². The summed E-state index contributed by atoms with van der Waals surface area (Å²) >= 11 is 0. The Hall–Kier alpha value is -2.96. The van der Waals surface area contributed by atoms with Crippen LogP contribution >= 0.6 is 0 Å². The molecule has 1 N–H and O–H groups in total. The molecule has 0 atom stereocenters. The molecule has 0 aliphatic carbocycles. The highest BCUT2D eigenvalue weighted by atomic mass is 16.6. The van der Waals surface area contributed by atoms with E-state index in [0.717, 1.165) is 5.69 Å². The van der Waals surface area contributed by atoms with Gasteiger partial charge in [0, 0.05) is 11.8 Å². The first-order valence-electron chi connectivity index (χ1n) is 6.07. The number of esters is 1. The van der Waals surface area contributed by atoms with E-state index in [1.54, 1.807) is 18.3 Å². The fourth-order valence-electron chi connectivity index (χ4n) is 1.74. The number of aryl methyl sites for hydroxylation is 1. The van der Waals surface area contributed by atoms with E-state index in [0.29, 0.717) is 5.69 Å². The van der Waals surface area contributed by atoms with Crippen LogP contribution in [0.15, 0.2) is 36.5 Å². The van der Waals surface area contributed by atoms with Crippen LogP contribution in [0.5, 0.6) is 0 Å². The fourth-order valence-corrected chi connectivity index (χ4v) is 1.74. The maximum absolute atomic E-state index is 11.5. The van der Waals surface area contributed by atoms with Crippen LogP contribution in [0.4, 0.5) is 17.1 Å². The number of carbonyl (C=O) groups excluding carboxylic acids is 1. The smallest absolute Gasteiger partial charge is 0.337 e. The average molecular weight is 287 g/mol. The molecule has 0 amide bonds. The van der Waals surface area contributed by atoms with Crippen LogP contribution in [0, 0.1) is 17.0 Å². The monoisotopic (exact) mass is 287 g/mol. The van der Waals surface area contributed by atoms with E-state index in [-0.39, 0.29) is 16.9 Å².